The zero-order chi connectivity index (χ0) is 58.0. The lowest BCUT2D eigenvalue weighted by Gasteiger charge is -2.40. The van der Waals surface area contributed by atoms with Crippen molar-refractivity contribution in [1.82, 2.24) is 5.32 Å². The molecule has 11 heteroatoms. The van der Waals surface area contributed by atoms with Crippen molar-refractivity contribution in [3.8, 4) is 0 Å². The average Bonchev–Trinajstić information content (AvgIpc) is 3.45. The minimum atomic E-state index is -1.58. The monoisotopic (exact) mass is 1130 g/mol. The van der Waals surface area contributed by atoms with Crippen LogP contribution in [0.25, 0.3) is 0 Å². The summed E-state index contributed by atoms with van der Waals surface area (Å²) in [5.41, 5.74) is 0. The summed E-state index contributed by atoms with van der Waals surface area (Å²) < 4.78 is 16.7. The second-order valence-corrected chi connectivity index (χ2v) is 23.9. The predicted molar refractivity (Wildman–Crippen MR) is 334 cm³/mol. The maximum absolute atomic E-state index is 13.0. The number of unbranched alkanes of at least 4 members (excludes halogenated alkanes) is 42. The van der Waals surface area contributed by atoms with Gasteiger partial charge in [0, 0.05) is 12.8 Å². The van der Waals surface area contributed by atoms with Crippen molar-refractivity contribution in [3.63, 3.8) is 0 Å². The van der Waals surface area contributed by atoms with E-state index < -0.39 is 49.5 Å². The summed E-state index contributed by atoms with van der Waals surface area (Å²) in [5, 5.41) is 54.2. The van der Waals surface area contributed by atoms with E-state index in [1.54, 1.807) is 6.08 Å². The minimum absolute atomic E-state index is 0.00948. The van der Waals surface area contributed by atoms with Crippen molar-refractivity contribution < 1.29 is 49.3 Å². The number of aliphatic hydroxyl groups excluding tert-OH is 5. The summed E-state index contributed by atoms with van der Waals surface area (Å²) in [6.45, 7) is 4.30. The van der Waals surface area contributed by atoms with Crippen LogP contribution in [0.2, 0.25) is 0 Å². The van der Waals surface area contributed by atoms with E-state index in [-0.39, 0.29) is 18.5 Å². The molecule has 11 nitrogen and oxygen atoms in total. The van der Waals surface area contributed by atoms with Crippen LogP contribution in [0, 0.1) is 0 Å². The standard InChI is InChI=1S/C69H129NO10/c1-3-5-7-9-11-13-14-15-30-34-37-41-45-49-53-57-65(74)78-58-54-50-46-42-38-35-32-29-27-25-23-21-19-17-16-18-20-22-24-26-28-31-33-36-40-44-48-52-56-64(73)70-61(62(72)55-51-47-43-39-12-10-8-6-4-2)60-79-69-68(77)67(76)66(75)63(59-71)80-69/h12,16-17,39,51,55,61-63,66-69,71-72,75-77H,3-11,13-15,18-38,40-50,52-54,56-60H2,1-2H3,(H,70,73)/b17-16-,39-12+,55-51+. The molecule has 0 aromatic carbocycles. The third kappa shape index (κ3) is 47.3. The van der Waals surface area contributed by atoms with Crippen LogP contribution < -0.4 is 5.32 Å². The van der Waals surface area contributed by atoms with Gasteiger partial charge in [-0.05, 0) is 70.6 Å². The lowest BCUT2D eigenvalue weighted by molar-refractivity contribution is -0.302. The minimum Gasteiger partial charge on any atom is -0.466 e. The lowest BCUT2D eigenvalue weighted by Crippen LogP contribution is -2.60. The van der Waals surface area contributed by atoms with Gasteiger partial charge in [0.25, 0.3) is 0 Å². The summed E-state index contributed by atoms with van der Waals surface area (Å²) >= 11 is 0. The average molecular weight is 1130 g/mol. The molecule has 7 atom stereocenters. The Balaban J connectivity index is 1.93. The Morgan fingerprint density at radius 1 is 0.450 bits per heavy atom. The first-order chi connectivity index (χ1) is 39.2. The number of hydrogen-bond acceptors (Lipinski definition) is 10. The molecule has 0 saturated carbocycles. The molecule has 1 rings (SSSR count). The molecule has 0 bridgehead atoms. The largest absolute Gasteiger partial charge is 0.466 e. The van der Waals surface area contributed by atoms with Gasteiger partial charge in [-0.1, -0.05) is 281 Å². The van der Waals surface area contributed by atoms with E-state index in [9.17, 15) is 35.1 Å². The molecule has 1 saturated heterocycles. The van der Waals surface area contributed by atoms with Crippen LogP contribution in [0.3, 0.4) is 0 Å². The van der Waals surface area contributed by atoms with Crippen LogP contribution in [0.5, 0.6) is 0 Å². The number of aliphatic hydroxyl groups is 5. The van der Waals surface area contributed by atoms with Crippen molar-refractivity contribution in [1.29, 1.82) is 0 Å². The molecule has 0 aromatic heterocycles. The van der Waals surface area contributed by atoms with Crippen molar-refractivity contribution in [2.45, 2.75) is 371 Å². The Bertz CT molecular complexity index is 1420. The summed E-state index contributed by atoms with van der Waals surface area (Å²) in [5.74, 6) is -0.184. The quantitative estimate of drug-likeness (QED) is 0.0195. The molecular formula is C69H129NO10. The zero-order valence-electron chi connectivity index (χ0n) is 52.1. The van der Waals surface area contributed by atoms with Gasteiger partial charge in [-0.25, -0.2) is 0 Å². The number of esters is 1. The number of nitrogens with one attached hydrogen (secondary N) is 1. The van der Waals surface area contributed by atoms with Gasteiger partial charge in [0.1, 0.15) is 24.4 Å². The number of allylic oxidation sites excluding steroid dienone is 5. The van der Waals surface area contributed by atoms with Gasteiger partial charge in [0.05, 0.1) is 32.0 Å². The number of carbonyl (C=O) groups is 2. The molecule has 6 N–H and O–H groups in total. The predicted octanol–water partition coefficient (Wildman–Crippen LogP) is 17.0. The topological polar surface area (TPSA) is 175 Å². The first-order valence-electron chi connectivity index (χ1n) is 34.3. The number of ether oxygens (including phenoxy) is 3. The van der Waals surface area contributed by atoms with Gasteiger partial charge in [-0.3, -0.25) is 9.59 Å². The van der Waals surface area contributed by atoms with E-state index in [4.69, 9.17) is 14.2 Å². The molecule has 0 aliphatic carbocycles. The SMILES string of the molecule is CCCCC/C=C/CC/C=C/C(O)C(COC1OC(CO)C(O)C(O)C1O)NC(=O)CCCCCCCCCCCCCC/C=C\CCCCCCCCCCCCCCOC(=O)CCCCCCCCCCCCCCCCC. The smallest absolute Gasteiger partial charge is 0.305 e. The first kappa shape index (κ1) is 75.9. The molecule has 0 spiro atoms. The summed E-state index contributed by atoms with van der Waals surface area (Å²) in [6, 6.07) is -0.826. The van der Waals surface area contributed by atoms with Gasteiger partial charge in [0.2, 0.25) is 5.91 Å². The molecule has 80 heavy (non-hydrogen) atoms. The summed E-state index contributed by atoms with van der Waals surface area (Å²) in [4.78, 5) is 25.1. The van der Waals surface area contributed by atoms with E-state index in [1.807, 2.05) is 6.08 Å². The Kier molecular flexibility index (Phi) is 55.6. The molecule has 1 aliphatic rings. The fraction of sp³-hybridized carbons (Fsp3) is 0.884. The highest BCUT2D eigenvalue weighted by Crippen LogP contribution is 2.23. The second-order valence-electron chi connectivity index (χ2n) is 23.9. The van der Waals surface area contributed by atoms with Gasteiger partial charge in [-0.2, -0.15) is 0 Å². The zero-order valence-corrected chi connectivity index (χ0v) is 52.1. The molecule has 1 amide bonds. The normalized spacial score (nSPS) is 18.5. The van der Waals surface area contributed by atoms with E-state index in [2.05, 4.69) is 43.5 Å². The molecule has 470 valence electrons. The van der Waals surface area contributed by atoms with Crippen molar-refractivity contribution in [2.24, 2.45) is 0 Å². The van der Waals surface area contributed by atoms with Gasteiger partial charge in [-0.15, -0.1) is 0 Å². The van der Waals surface area contributed by atoms with Crippen LogP contribution >= 0.6 is 0 Å². The van der Waals surface area contributed by atoms with Crippen LogP contribution in [0.15, 0.2) is 36.5 Å². The highest BCUT2D eigenvalue weighted by molar-refractivity contribution is 5.76. The first-order valence-corrected chi connectivity index (χ1v) is 34.3. The van der Waals surface area contributed by atoms with Gasteiger partial charge >= 0.3 is 5.97 Å². The Hall–Kier alpha value is -2.12. The number of amides is 1. The van der Waals surface area contributed by atoms with Crippen LogP contribution in [0.4, 0.5) is 0 Å². The Morgan fingerprint density at radius 3 is 1.26 bits per heavy atom. The van der Waals surface area contributed by atoms with E-state index in [0.717, 1.165) is 51.4 Å². The van der Waals surface area contributed by atoms with Crippen molar-refractivity contribution >= 4 is 11.9 Å². The number of carbonyl (C=O) groups excluding carboxylic acids is 2. The lowest BCUT2D eigenvalue weighted by atomic mass is 9.99. The van der Waals surface area contributed by atoms with E-state index >= 15 is 0 Å². The Morgan fingerprint density at radius 2 is 0.812 bits per heavy atom. The second kappa shape index (κ2) is 58.6. The molecular weight excluding hydrogens is 1000 g/mol. The fourth-order valence-corrected chi connectivity index (χ4v) is 10.8. The Labute approximate surface area is 492 Å². The van der Waals surface area contributed by atoms with Crippen LogP contribution in [-0.4, -0.2) is 100 Å². The van der Waals surface area contributed by atoms with Gasteiger partial charge < -0.3 is 45.1 Å². The fourth-order valence-electron chi connectivity index (χ4n) is 10.8. The van der Waals surface area contributed by atoms with Gasteiger partial charge in [0.15, 0.2) is 6.29 Å². The third-order valence-electron chi connectivity index (χ3n) is 16.2. The number of rotatable bonds is 60. The van der Waals surface area contributed by atoms with Crippen LogP contribution in [-0.2, 0) is 23.8 Å². The molecule has 0 radical (unpaired) electrons. The van der Waals surface area contributed by atoms with E-state index in [0.29, 0.717) is 19.4 Å². The van der Waals surface area contributed by atoms with Crippen molar-refractivity contribution in [2.75, 3.05) is 19.8 Å². The molecule has 0 aromatic rings. The molecule has 1 fully saturated rings. The van der Waals surface area contributed by atoms with Crippen molar-refractivity contribution in [3.05, 3.63) is 36.5 Å². The maximum atomic E-state index is 13.0. The maximum Gasteiger partial charge on any atom is 0.305 e. The summed E-state index contributed by atoms with van der Waals surface area (Å²) in [7, 11) is 0. The molecule has 1 heterocycles. The highest BCUT2D eigenvalue weighted by atomic mass is 16.7. The number of hydrogen-bond donors (Lipinski definition) is 6. The molecule has 1 aliphatic heterocycles. The summed E-state index contributed by atoms with van der Waals surface area (Å²) in [6.07, 6.45) is 64.4. The van der Waals surface area contributed by atoms with Crippen LogP contribution in [0.1, 0.15) is 328 Å². The molecule has 7 unspecified atom stereocenters. The highest BCUT2D eigenvalue weighted by Gasteiger charge is 2.44. The third-order valence-corrected chi connectivity index (χ3v) is 16.2. The van der Waals surface area contributed by atoms with E-state index in [1.165, 1.54) is 250 Å².